The number of fused-ring (bicyclic) bond motifs is 1. The van der Waals surface area contributed by atoms with Crippen LogP contribution in [0.2, 0.25) is 0 Å². The fourth-order valence-corrected chi connectivity index (χ4v) is 2.75. The van der Waals surface area contributed by atoms with Gasteiger partial charge in [-0.1, -0.05) is 19.9 Å². The van der Waals surface area contributed by atoms with Crippen molar-refractivity contribution in [1.29, 1.82) is 0 Å². The van der Waals surface area contributed by atoms with Crippen LogP contribution in [0.3, 0.4) is 0 Å². The van der Waals surface area contributed by atoms with Crippen molar-refractivity contribution >= 4 is 11.8 Å². The van der Waals surface area contributed by atoms with Gasteiger partial charge < -0.3 is 19.7 Å². The Bertz CT molecular complexity index is 585. The van der Waals surface area contributed by atoms with Crippen molar-refractivity contribution in [2.75, 3.05) is 13.3 Å². The molecule has 1 aromatic carbocycles. The zero-order chi connectivity index (χ0) is 15.0. The van der Waals surface area contributed by atoms with E-state index in [0.717, 1.165) is 5.56 Å². The van der Waals surface area contributed by atoms with E-state index in [1.165, 1.54) is 0 Å². The summed E-state index contributed by atoms with van der Waals surface area (Å²) in [6.45, 7) is 4.56. The lowest BCUT2D eigenvalue weighted by Gasteiger charge is -2.37. The van der Waals surface area contributed by atoms with Crippen LogP contribution < -0.4 is 14.8 Å². The molecule has 1 N–H and O–H groups in total. The van der Waals surface area contributed by atoms with E-state index in [0.29, 0.717) is 18.0 Å². The van der Waals surface area contributed by atoms with Crippen LogP contribution in [-0.2, 0) is 16.1 Å². The van der Waals surface area contributed by atoms with E-state index in [9.17, 15) is 9.59 Å². The minimum Gasteiger partial charge on any atom is -0.454 e. The molecule has 2 aliphatic heterocycles. The average Bonchev–Trinajstić information content (AvgIpc) is 2.90. The highest BCUT2D eigenvalue weighted by Gasteiger charge is 2.36. The molecule has 6 nitrogen and oxygen atoms in total. The van der Waals surface area contributed by atoms with Crippen LogP contribution in [-0.4, -0.2) is 36.1 Å². The molecule has 2 amide bonds. The SMILES string of the molecule is CC(C)C1C(=O)NCC(=O)N1Cc1ccc2c(c1)OCO2. The van der Waals surface area contributed by atoms with Gasteiger partial charge in [0.25, 0.3) is 0 Å². The summed E-state index contributed by atoms with van der Waals surface area (Å²) in [6, 6.07) is 5.15. The molecule has 6 heteroatoms. The van der Waals surface area contributed by atoms with E-state index in [1.807, 2.05) is 32.0 Å². The van der Waals surface area contributed by atoms with Crippen molar-refractivity contribution in [3.05, 3.63) is 23.8 Å². The van der Waals surface area contributed by atoms with Gasteiger partial charge in [0.15, 0.2) is 11.5 Å². The molecule has 1 aromatic rings. The van der Waals surface area contributed by atoms with Crippen LogP contribution in [0, 0.1) is 5.92 Å². The Morgan fingerprint density at radius 3 is 2.81 bits per heavy atom. The van der Waals surface area contributed by atoms with E-state index in [2.05, 4.69) is 5.32 Å². The molecule has 0 aromatic heterocycles. The Morgan fingerprint density at radius 2 is 2.05 bits per heavy atom. The molecule has 0 aliphatic carbocycles. The second kappa shape index (κ2) is 5.27. The van der Waals surface area contributed by atoms with Gasteiger partial charge in [-0.3, -0.25) is 9.59 Å². The van der Waals surface area contributed by atoms with Crippen LogP contribution in [0.25, 0.3) is 0 Å². The maximum Gasteiger partial charge on any atom is 0.243 e. The molecule has 1 saturated heterocycles. The number of hydrogen-bond acceptors (Lipinski definition) is 4. The zero-order valence-electron chi connectivity index (χ0n) is 12.1. The van der Waals surface area contributed by atoms with E-state index in [1.54, 1.807) is 4.90 Å². The summed E-state index contributed by atoms with van der Waals surface area (Å²) in [5.74, 6) is 1.30. The molecule has 1 fully saturated rings. The van der Waals surface area contributed by atoms with Crippen LogP contribution in [0.15, 0.2) is 18.2 Å². The molecule has 1 unspecified atom stereocenters. The second-order valence-corrected chi connectivity index (χ2v) is 5.62. The number of nitrogens with zero attached hydrogens (tertiary/aromatic N) is 1. The van der Waals surface area contributed by atoms with Gasteiger partial charge >= 0.3 is 0 Å². The number of nitrogens with one attached hydrogen (secondary N) is 1. The fraction of sp³-hybridized carbons (Fsp3) is 0.467. The molecule has 2 aliphatic rings. The molecule has 2 heterocycles. The summed E-state index contributed by atoms with van der Waals surface area (Å²) >= 11 is 0. The standard InChI is InChI=1S/C15H18N2O4/c1-9(2)14-15(19)16-6-13(18)17(14)7-10-3-4-11-12(5-10)21-8-20-11/h3-5,9,14H,6-8H2,1-2H3,(H,16,19). The number of piperazine rings is 1. The van der Waals surface area contributed by atoms with Gasteiger partial charge in [-0.2, -0.15) is 0 Å². The molecular formula is C15H18N2O4. The monoisotopic (exact) mass is 290 g/mol. The minimum absolute atomic E-state index is 0.0586. The molecule has 0 radical (unpaired) electrons. The predicted molar refractivity (Wildman–Crippen MR) is 74.8 cm³/mol. The van der Waals surface area contributed by atoms with Crippen LogP contribution in [0.4, 0.5) is 0 Å². The summed E-state index contributed by atoms with van der Waals surface area (Å²) in [6.07, 6.45) is 0. The first-order valence-corrected chi connectivity index (χ1v) is 7.02. The van der Waals surface area contributed by atoms with Crippen molar-refractivity contribution in [3.8, 4) is 11.5 Å². The number of ether oxygens (including phenoxy) is 2. The number of carbonyl (C=O) groups excluding carboxylic acids is 2. The quantitative estimate of drug-likeness (QED) is 0.898. The van der Waals surface area contributed by atoms with Crippen molar-refractivity contribution in [3.63, 3.8) is 0 Å². The summed E-state index contributed by atoms with van der Waals surface area (Å²) in [4.78, 5) is 25.8. The lowest BCUT2D eigenvalue weighted by molar-refractivity contribution is -0.148. The van der Waals surface area contributed by atoms with Crippen LogP contribution in [0.1, 0.15) is 19.4 Å². The maximum absolute atomic E-state index is 12.1. The molecule has 0 saturated carbocycles. The molecule has 112 valence electrons. The lowest BCUT2D eigenvalue weighted by Crippen LogP contribution is -2.59. The first-order valence-electron chi connectivity index (χ1n) is 7.02. The second-order valence-electron chi connectivity index (χ2n) is 5.62. The summed E-state index contributed by atoms with van der Waals surface area (Å²) in [5, 5.41) is 2.65. The van der Waals surface area contributed by atoms with E-state index >= 15 is 0 Å². The molecule has 0 bridgehead atoms. The Morgan fingerprint density at radius 1 is 1.29 bits per heavy atom. The number of carbonyl (C=O) groups is 2. The number of hydrogen-bond donors (Lipinski definition) is 1. The first-order chi connectivity index (χ1) is 10.1. The summed E-state index contributed by atoms with van der Waals surface area (Å²) < 4.78 is 10.6. The largest absolute Gasteiger partial charge is 0.454 e. The van der Waals surface area contributed by atoms with Gasteiger partial charge in [-0.15, -0.1) is 0 Å². The summed E-state index contributed by atoms with van der Waals surface area (Å²) in [5.41, 5.74) is 0.924. The van der Waals surface area contributed by atoms with Gasteiger partial charge in [0.05, 0.1) is 6.54 Å². The number of rotatable bonds is 3. The lowest BCUT2D eigenvalue weighted by atomic mass is 9.98. The van der Waals surface area contributed by atoms with Gasteiger partial charge in [0, 0.05) is 6.54 Å². The summed E-state index contributed by atoms with van der Waals surface area (Å²) in [7, 11) is 0. The fourth-order valence-electron chi connectivity index (χ4n) is 2.75. The molecule has 3 rings (SSSR count). The Kier molecular flexibility index (Phi) is 3.45. The average molecular weight is 290 g/mol. The number of benzene rings is 1. The Hall–Kier alpha value is -2.24. The Balaban J connectivity index is 1.84. The highest BCUT2D eigenvalue weighted by molar-refractivity contribution is 5.94. The van der Waals surface area contributed by atoms with Gasteiger partial charge in [-0.25, -0.2) is 0 Å². The molecule has 21 heavy (non-hydrogen) atoms. The van der Waals surface area contributed by atoms with Crippen molar-refractivity contribution in [2.45, 2.75) is 26.4 Å². The smallest absolute Gasteiger partial charge is 0.243 e. The van der Waals surface area contributed by atoms with Gasteiger partial charge in [0.1, 0.15) is 6.04 Å². The third-order valence-corrected chi connectivity index (χ3v) is 3.76. The third kappa shape index (κ3) is 2.53. The van der Waals surface area contributed by atoms with E-state index in [4.69, 9.17) is 9.47 Å². The van der Waals surface area contributed by atoms with Gasteiger partial charge in [-0.05, 0) is 23.6 Å². The topological polar surface area (TPSA) is 67.9 Å². The first kappa shape index (κ1) is 13.7. The highest BCUT2D eigenvalue weighted by Crippen LogP contribution is 2.33. The Labute approximate surface area is 123 Å². The normalized spacial score (nSPS) is 20.9. The van der Waals surface area contributed by atoms with Gasteiger partial charge in [0.2, 0.25) is 18.6 Å². The van der Waals surface area contributed by atoms with Crippen molar-refractivity contribution in [1.82, 2.24) is 10.2 Å². The predicted octanol–water partition coefficient (Wildman–Crippen LogP) is 0.898. The minimum atomic E-state index is -0.434. The third-order valence-electron chi connectivity index (χ3n) is 3.76. The molecule has 1 atom stereocenters. The molecular weight excluding hydrogens is 272 g/mol. The highest BCUT2D eigenvalue weighted by atomic mass is 16.7. The number of amides is 2. The van der Waals surface area contributed by atoms with Crippen molar-refractivity contribution in [2.24, 2.45) is 5.92 Å². The maximum atomic E-state index is 12.1. The van der Waals surface area contributed by atoms with Crippen molar-refractivity contribution < 1.29 is 19.1 Å². The zero-order valence-corrected chi connectivity index (χ0v) is 12.1. The molecule has 0 spiro atoms. The van der Waals surface area contributed by atoms with Crippen LogP contribution in [0.5, 0.6) is 11.5 Å². The van der Waals surface area contributed by atoms with Crippen LogP contribution >= 0.6 is 0 Å². The van der Waals surface area contributed by atoms with E-state index in [-0.39, 0.29) is 31.1 Å². The van der Waals surface area contributed by atoms with E-state index < -0.39 is 6.04 Å².